The fraction of sp³-hybridized carbons (Fsp3) is 0.636. The SMILES string of the molecule is COc1cccc(C(C)CC(=O)N2C3CCC2C(C(=O)OC(C)(C)C)C3)c1. The summed E-state index contributed by atoms with van der Waals surface area (Å²) in [5.41, 5.74) is 0.604. The quantitative estimate of drug-likeness (QED) is 0.734. The zero-order valence-corrected chi connectivity index (χ0v) is 17.0. The molecule has 3 rings (SSSR count). The Labute approximate surface area is 162 Å². The van der Waals surface area contributed by atoms with E-state index >= 15 is 0 Å². The molecule has 0 spiro atoms. The average molecular weight is 373 g/mol. The van der Waals surface area contributed by atoms with Gasteiger partial charge in [-0.2, -0.15) is 0 Å². The first kappa shape index (κ1) is 19.7. The van der Waals surface area contributed by atoms with Crippen LogP contribution in [0.3, 0.4) is 0 Å². The number of benzene rings is 1. The molecule has 1 aromatic carbocycles. The second kappa shape index (κ2) is 7.53. The van der Waals surface area contributed by atoms with Crippen molar-refractivity contribution >= 4 is 11.9 Å². The van der Waals surface area contributed by atoms with Crippen molar-refractivity contribution < 1.29 is 19.1 Å². The van der Waals surface area contributed by atoms with Crippen LogP contribution in [-0.2, 0) is 14.3 Å². The van der Waals surface area contributed by atoms with E-state index in [1.807, 2.05) is 49.9 Å². The van der Waals surface area contributed by atoms with Gasteiger partial charge in [-0.25, -0.2) is 0 Å². The van der Waals surface area contributed by atoms with Crippen LogP contribution >= 0.6 is 0 Å². The minimum Gasteiger partial charge on any atom is -0.497 e. The fourth-order valence-electron chi connectivity index (χ4n) is 4.44. The van der Waals surface area contributed by atoms with Gasteiger partial charge >= 0.3 is 5.97 Å². The van der Waals surface area contributed by atoms with E-state index in [1.165, 1.54) is 0 Å². The van der Waals surface area contributed by atoms with Crippen LogP contribution in [0, 0.1) is 5.92 Å². The summed E-state index contributed by atoms with van der Waals surface area (Å²) < 4.78 is 10.9. The van der Waals surface area contributed by atoms with Gasteiger partial charge in [0.05, 0.1) is 13.0 Å². The summed E-state index contributed by atoms with van der Waals surface area (Å²) in [6.07, 6.45) is 3.07. The molecule has 0 aromatic heterocycles. The van der Waals surface area contributed by atoms with Gasteiger partial charge in [0.15, 0.2) is 0 Å². The van der Waals surface area contributed by atoms with Crippen molar-refractivity contribution in [3.05, 3.63) is 29.8 Å². The van der Waals surface area contributed by atoms with Crippen molar-refractivity contribution in [1.29, 1.82) is 0 Å². The summed E-state index contributed by atoms with van der Waals surface area (Å²) in [5, 5.41) is 0. The van der Waals surface area contributed by atoms with Gasteiger partial charge in [0, 0.05) is 18.5 Å². The number of carbonyl (C=O) groups excluding carboxylic acids is 2. The molecule has 2 aliphatic heterocycles. The van der Waals surface area contributed by atoms with E-state index in [0.29, 0.717) is 6.42 Å². The summed E-state index contributed by atoms with van der Waals surface area (Å²) in [7, 11) is 1.65. The zero-order chi connectivity index (χ0) is 19.8. The first-order valence-electron chi connectivity index (χ1n) is 9.87. The van der Waals surface area contributed by atoms with E-state index in [4.69, 9.17) is 9.47 Å². The summed E-state index contributed by atoms with van der Waals surface area (Å²) in [6.45, 7) is 7.72. The van der Waals surface area contributed by atoms with Crippen LogP contribution < -0.4 is 4.74 Å². The molecule has 2 bridgehead atoms. The molecule has 0 saturated carbocycles. The third-order valence-corrected chi connectivity index (χ3v) is 5.68. The molecule has 0 radical (unpaired) electrons. The van der Waals surface area contributed by atoms with Gasteiger partial charge in [0.2, 0.25) is 5.91 Å². The molecule has 5 nitrogen and oxygen atoms in total. The molecule has 27 heavy (non-hydrogen) atoms. The maximum atomic E-state index is 13.0. The minimum absolute atomic E-state index is 0.00476. The lowest BCUT2D eigenvalue weighted by Crippen LogP contribution is -2.39. The maximum absolute atomic E-state index is 13.0. The molecule has 5 heteroatoms. The van der Waals surface area contributed by atoms with Gasteiger partial charge in [0.25, 0.3) is 0 Å². The fourth-order valence-corrected chi connectivity index (χ4v) is 4.44. The topological polar surface area (TPSA) is 55.8 Å². The van der Waals surface area contributed by atoms with Crippen molar-refractivity contribution in [2.45, 2.75) is 77.0 Å². The number of nitrogens with zero attached hydrogens (tertiary/aromatic N) is 1. The smallest absolute Gasteiger partial charge is 0.311 e. The number of amides is 1. The third-order valence-electron chi connectivity index (χ3n) is 5.68. The van der Waals surface area contributed by atoms with E-state index in [-0.39, 0.29) is 35.8 Å². The predicted octanol–water partition coefficient (Wildman–Crippen LogP) is 3.91. The molecule has 2 aliphatic rings. The second-order valence-corrected chi connectivity index (χ2v) is 8.86. The van der Waals surface area contributed by atoms with Crippen LogP contribution in [0.1, 0.15) is 64.9 Å². The third kappa shape index (κ3) is 4.28. The zero-order valence-electron chi connectivity index (χ0n) is 17.0. The highest BCUT2D eigenvalue weighted by atomic mass is 16.6. The summed E-state index contributed by atoms with van der Waals surface area (Å²) in [6, 6.07) is 8.05. The Morgan fingerprint density at radius 2 is 2.00 bits per heavy atom. The molecule has 1 amide bonds. The Kier molecular flexibility index (Phi) is 5.50. The Morgan fingerprint density at radius 1 is 1.26 bits per heavy atom. The van der Waals surface area contributed by atoms with Gasteiger partial charge in [0.1, 0.15) is 11.4 Å². The normalized spacial score (nSPS) is 25.4. The molecule has 0 aliphatic carbocycles. The molecular weight excluding hydrogens is 342 g/mol. The van der Waals surface area contributed by atoms with Crippen LogP contribution in [-0.4, -0.2) is 41.6 Å². The molecule has 2 heterocycles. The number of hydrogen-bond donors (Lipinski definition) is 0. The number of fused-ring (bicyclic) bond motifs is 2. The lowest BCUT2D eigenvalue weighted by Gasteiger charge is -2.27. The van der Waals surface area contributed by atoms with Gasteiger partial charge in [-0.05, 0) is 63.6 Å². The maximum Gasteiger partial charge on any atom is 0.311 e. The number of rotatable bonds is 5. The van der Waals surface area contributed by atoms with E-state index in [2.05, 4.69) is 6.92 Å². The Balaban J connectivity index is 1.66. The van der Waals surface area contributed by atoms with Gasteiger partial charge < -0.3 is 14.4 Å². The van der Waals surface area contributed by atoms with Crippen LogP contribution in [0.25, 0.3) is 0 Å². The van der Waals surface area contributed by atoms with Crippen molar-refractivity contribution in [2.24, 2.45) is 5.92 Å². The minimum atomic E-state index is -0.491. The number of esters is 1. The van der Waals surface area contributed by atoms with Crippen molar-refractivity contribution in [3.63, 3.8) is 0 Å². The van der Waals surface area contributed by atoms with Crippen LogP contribution in [0.4, 0.5) is 0 Å². The van der Waals surface area contributed by atoms with E-state index in [1.54, 1.807) is 7.11 Å². The van der Waals surface area contributed by atoms with Crippen molar-refractivity contribution in [3.8, 4) is 5.75 Å². The van der Waals surface area contributed by atoms with E-state index in [0.717, 1.165) is 30.6 Å². The summed E-state index contributed by atoms with van der Waals surface area (Å²) in [4.78, 5) is 27.6. The molecule has 0 N–H and O–H groups in total. The van der Waals surface area contributed by atoms with Crippen molar-refractivity contribution in [2.75, 3.05) is 7.11 Å². The number of hydrogen-bond acceptors (Lipinski definition) is 4. The Morgan fingerprint density at radius 3 is 2.67 bits per heavy atom. The van der Waals surface area contributed by atoms with E-state index < -0.39 is 5.60 Å². The Hall–Kier alpha value is -2.04. The van der Waals surface area contributed by atoms with Crippen LogP contribution in [0.15, 0.2) is 24.3 Å². The predicted molar refractivity (Wildman–Crippen MR) is 104 cm³/mol. The lowest BCUT2D eigenvalue weighted by molar-refractivity contribution is -0.161. The molecule has 148 valence electrons. The highest BCUT2D eigenvalue weighted by Gasteiger charge is 2.52. The molecule has 1 aromatic rings. The monoisotopic (exact) mass is 373 g/mol. The standard InChI is InChI=1S/C22H31NO4/c1-14(15-7-6-8-17(12-15)26-5)11-20(24)23-16-9-10-19(23)18(13-16)21(25)27-22(2,3)4/h6-8,12,14,16,18-19H,9-11,13H2,1-5H3. The summed E-state index contributed by atoms with van der Waals surface area (Å²) >= 11 is 0. The van der Waals surface area contributed by atoms with Gasteiger partial charge in [-0.1, -0.05) is 19.1 Å². The molecule has 4 atom stereocenters. The summed E-state index contributed by atoms with van der Waals surface area (Å²) in [5.74, 6) is 0.710. The number of methoxy groups -OCH3 is 1. The highest BCUT2D eigenvalue weighted by molar-refractivity contribution is 5.82. The lowest BCUT2D eigenvalue weighted by atomic mass is 9.89. The van der Waals surface area contributed by atoms with Crippen LogP contribution in [0.2, 0.25) is 0 Å². The van der Waals surface area contributed by atoms with Crippen molar-refractivity contribution in [1.82, 2.24) is 4.90 Å². The molecule has 4 unspecified atom stereocenters. The first-order valence-corrected chi connectivity index (χ1v) is 9.87. The first-order chi connectivity index (χ1) is 12.7. The number of carbonyl (C=O) groups is 2. The van der Waals surface area contributed by atoms with Gasteiger partial charge in [-0.15, -0.1) is 0 Å². The molecule has 2 fully saturated rings. The largest absolute Gasteiger partial charge is 0.497 e. The Bertz CT molecular complexity index is 709. The molecular formula is C22H31NO4. The van der Waals surface area contributed by atoms with E-state index in [9.17, 15) is 9.59 Å². The van der Waals surface area contributed by atoms with Gasteiger partial charge in [-0.3, -0.25) is 9.59 Å². The highest BCUT2D eigenvalue weighted by Crippen LogP contribution is 2.43. The van der Waals surface area contributed by atoms with Crippen LogP contribution in [0.5, 0.6) is 5.75 Å². The second-order valence-electron chi connectivity index (χ2n) is 8.86. The molecule has 2 saturated heterocycles. The number of ether oxygens (including phenoxy) is 2. The average Bonchev–Trinajstić information content (AvgIpc) is 3.18.